The highest BCUT2D eigenvalue weighted by molar-refractivity contribution is 6.11. The van der Waals surface area contributed by atoms with E-state index in [9.17, 15) is 32.3 Å². The Balaban J connectivity index is 1.67. The first kappa shape index (κ1) is 28.7. The highest BCUT2D eigenvalue weighted by Crippen LogP contribution is 2.38. The fourth-order valence-corrected chi connectivity index (χ4v) is 4.70. The van der Waals surface area contributed by atoms with E-state index < -0.39 is 42.6 Å². The molecule has 1 atom stereocenters. The third kappa shape index (κ3) is 5.94. The maximum Gasteiger partial charge on any atom is 0.389 e. The van der Waals surface area contributed by atoms with Crippen molar-refractivity contribution < 1.29 is 36.7 Å². The predicted molar refractivity (Wildman–Crippen MR) is 148 cm³/mol. The zero-order chi connectivity index (χ0) is 30.0. The van der Waals surface area contributed by atoms with Gasteiger partial charge < -0.3 is 14.8 Å². The van der Waals surface area contributed by atoms with Crippen LogP contribution in [0.4, 0.5) is 17.6 Å². The SMILES string of the molecule is CNC(=O)c1c(-c2ccc(F)cc2)oc2nc(CCC(F)(F)F)c(-c3cccc(C(=O)C(O)c4ccccc4)c3)cc12. The average Bonchev–Trinajstić information content (AvgIpc) is 3.37. The summed E-state index contributed by atoms with van der Waals surface area (Å²) in [4.78, 5) is 30.5. The highest BCUT2D eigenvalue weighted by atomic mass is 19.4. The molecule has 2 N–H and O–H groups in total. The first-order valence-corrected chi connectivity index (χ1v) is 12.9. The third-order valence-electron chi connectivity index (χ3n) is 6.79. The number of aryl methyl sites for hydroxylation is 1. The van der Waals surface area contributed by atoms with E-state index in [0.29, 0.717) is 16.7 Å². The van der Waals surface area contributed by atoms with E-state index in [0.717, 1.165) is 0 Å². The van der Waals surface area contributed by atoms with Crippen molar-refractivity contribution in [1.82, 2.24) is 10.3 Å². The third-order valence-corrected chi connectivity index (χ3v) is 6.79. The molecule has 3 aromatic carbocycles. The molecule has 1 amide bonds. The van der Waals surface area contributed by atoms with E-state index in [1.54, 1.807) is 42.5 Å². The Morgan fingerprint density at radius 3 is 2.33 bits per heavy atom. The number of alkyl halides is 3. The number of carbonyl (C=O) groups is 2. The van der Waals surface area contributed by atoms with Crippen LogP contribution in [0, 0.1) is 5.82 Å². The molecule has 0 aliphatic rings. The predicted octanol–water partition coefficient (Wildman–Crippen LogP) is 7.07. The number of pyridine rings is 1. The van der Waals surface area contributed by atoms with Crippen LogP contribution in [0.3, 0.4) is 0 Å². The number of Topliss-reactive ketones (excluding diaryl/α,β-unsaturated/α-hetero) is 1. The lowest BCUT2D eigenvalue weighted by atomic mass is 9.94. The Bertz CT molecular complexity index is 1760. The van der Waals surface area contributed by atoms with Crippen LogP contribution in [-0.2, 0) is 6.42 Å². The number of rotatable bonds is 8. The molecule has 10 heteroatoms. The van der Waals surface area contributed by atoms with Gasteiger partial charge >= 0.3 is 6.18 Å². The standard InChI is InChI=1S/C32H24F4N2O4/c1-37-30(41)26-24-17-23(20-8-5-9-21(16-20)28(40)27(39)18-6-3-2-4-7-18)25(14-15-32(34,35)36)38-31(24)42-29(26)19-10-12-22(33)13-11-19/h2-13,16-17,27,39H,14-15H2,1H3,(H,37,41). The quantitative estimate of drug-likeness (QED) is 0.152. The minimum absolute atomic E-state index is 0.0379. The van der Waals surface area contributed by atoms with Gasteiger partial charge in [-0.05, 0) is 53.9 Å². The van der Waals surface area contributed by atoms with Crippen LogP contribution >= 0.6 is 0 Å². The Labute approximate surface area is 237 Å². The van der Waals surface area contributed by atoms with Gasteiger partial charge in [0.05, 0.1) is 16.6 Å². The molecular weight excluding hydrogens is 552 g/mol. The van der Waals surface area contributed by atoms with Crippen LogP contribution in [0.1, 0.15) is 44.5 Å². The summed E-state index contributed by atoms with van der Waals surface area (Å²) in [6.07, 6.45) is -7.58. The van der Waals surface area contributed by atoms with Gasteiger partial charge in [0.2, 0.25) is 5.71 Å². The number of aliphatic hydroxyl groups is 1. The summed E-state index contributed by atoms with van der Waals surface area (Å²) in [5.74, 6) is -1.57. The minimum Gasteiger partial charge on any atom is -0.437 e. The molecule has 214 valence electrons. The molecule has 0 aliphatic heterocycles. The molecule has 5 aromatic rings. The van der Waals surface area contributed by atoms with Crippen LogP contribution in [0.25, 0.3) is 33.6 Å². The molecule has 1 unspecified atom stereocenters. The Kier molecular flexibility index (Phi) is 7.91. The zero-order valence-electron chi connectivity index (χ0n) is 22.2. The van der Waals surface area contributed by atoms with Gasteiger partial charge in [0.15, 0.2) is 5.78 Å². The molecule has 2 aromatic heterocycles. The minimum atomic E-state index is -4.47. The first-order valence-electron chi connectivity index (χ1n) is 12.9. The second-order valence-electron chi connectivity index (χ2n) is 9.60. The smallest absolute Gasteiger partial charge is 0.389 e. The number of aliphatic hydroxyl groups excluding tert-OH is 1. The number of nitrogens with one attached hydrogen (secondary N) is 1. The number of halogens is 4. The van der Waals surface area contributed by atoms with Crippen LogP contribution < -0.4 is 5.32 Å². The van der Waals surface area contributed by atoms with Crippen LogP contribution in [0.5, 0.6) is 0 Å². The molecule has 5 rings (SSSR count). The molecule has 0 aliphatic carbocycles. The highest BCUT2D eigenvalue weighted by Gasteiger charge is 2.29. The van der Waals surface area contributed by atoms with E-state index in [2.05, 4.69) is 10.3 Å². The second kappa shape index (κ2) is 11.6. The van der Waals surface area contributed by atoms with Crippen LogP contribution in [0.2, 0.25) is 0 Å². The largest absolute Gasteiger partial charge is 0.437 e. The summed E-state index contributed by atoms with van der Waals surface area (Å²) >= 11 is 0. The second-order valence-corrected chi connectivity index (χ2v) is 9.60. The lowest BCUT2D eigenvalue weighted by Crippen LogP contribution is -2.18. The lowest BCUT2D eigenvalue weighted by molar-refractivity contribution is -0.134. The molecule has 42 heavy (non-hydrogen) atoms. The van der Waals surface area contributed by atoms with E-state index in [-0.39, 0.29) is 39.2 Å². The van der Waals surface area contributed by atoms with Gasteiger partial charge in [-0.1, -0.05) is 48.5 Å². The number of furan rings is 1. The maximum absolute atomic E-state index is 13.6. The lowest BCUT2D eigenvalue weighted by Gasteiger charge is -2.14. The zero-order valence-corrected chi connectivity index (χ0v) is 22.2. The van der Waals surface area contributed by atoms with Crippen molar-refractivity contribution in [3.8, 4) is 22.5 Å². The van der Waals surface area contributed by atoms with Gasteiger partial charge in [-0.2, -0.15) is 13.2 Å². The van der Waals surface area contributed by atoms with Gasteiger partial charge in [-0.25, -0.2) is 9.37 Å². The number of hydrogen-bond donors (Lipinski definition) is 2. The van der Waals surface area contributed by atoms with Gasteiger partial charge in [-0.15, -0.1) is 0 Å². The molecule has 0 fully saturated rings. The molecule has 6 nitrogen and oxygen atoms in total. The molecular formula is C32H24F4N2O4. The van der Waals surface area contributed by atoms with E-state index in [4.69, 9.17) is 4.42 Å². The Morgan fingerprint density at radius 2 is 1.67 bits per heavy atom. The number of benzene rings is 3. The average molecular weight is 577 g/mol. The van der Waals surface area contributed by atoms with Crippen molar-refractivity contribution in [3.63, 3.8) is 0 Å². The summed E-state index contributed by atoms with van der Waals surface area (Å²) in [6, 6.07) is 21.2. The maximum atomic E-state index is 13.6. The number of nitrogens with zero attached hydrogens (tertiary/aromatic N) is 1. The molecule has 2 heterocycles. The van der Waals surface area contributed by atoms with Gasteiger partial charge in [0, 0.05) is 30.2 Å². The van der Waals surface area contributed by atoms with Crippen molar-refractivity contribution in [2.75, 3.05) is 7.05 Å². The van der Waals surface area contributed by atoms with Gasteiger partial charge in [0.25, 0.3) is 5.91 Å². The van der Waals surface area contributed by atoms with Crippen molar-refractivity contribution >= 4 is 22.8 Å². The molecule has 0 radical (unpaired) electrons. The van der Waals surface area contributed by atoms with E-state index in [1.807, 2.05) is 0 Å². The normalized spacial score (nSPS) is 12.3. The summed E-state index contributed by atoms with van der Waals surface area (Å²) in [6.45, 7) is 0. The summed E-state index contributed by atoms with van der Waals surface area (Å²) in [7, 11) is 1.41. The number of carbonyl (C=O) groups excluding carboxylic acids is 2. The Morgan fingerprint density at radius 1 is 0.952 bits per heavy atom. The van der Waals surface area contributed by atoms with E-state index >= 15 is 0 Å². The molecule has 0 saturated heterocycles. The first-order chi connectivity index (χ1) is 20.1. The van der Waals surface area contributed by atoms with Crippen molar-refractivity contribution in [2.45, 2.75) is 25.1 Å². The van der Waals surface area contributed by atoms with Gasteiger partial charge in [-0.3, -0.25) is 9.59 Å². The summed E-state index contributed by atoms with van der Waals surface area (Å²) in [5.41, 5.74) is 1.56. The molecule has 0 spiro atoms. The van der Waals surface area contributed by atoms with Crippen molar-refractivity contribution in [2.24, 2.45) is 0 Å². The monoisotopic (exact) mass is 576 g/mol. The number of amides is 1. The summed E-state index contributed by atoms with van der Waals surface area (Å²) in [5, 5.41) is 13.4. The van der Waals surface area contributed by atoms with Crippen molar-refractivity contribution in [3.05, 3.63) is 113 Å². The Hall–Kier alpha value is -4.83. The van der Waals surface area contributed by atoms with Gasteiger partial charge in [0.1, 0.15) is 17.7 Å². The molecule has 0 saturated carbocycles. The van der Waals surface area contributed by atoms with Crippen LogP contribution in [0.15, 0.2) is 89.3 Å². The van der Waals surface area contributed by atoms with Crippen molar-refractivity contribution in [1.29, 1.82) is 0 Å². The fourth-order valence-electron chi connectivity index (χ4n) is 4.70. The number of ketones is 1. The van der Waals surface area contributed by atoms with E-state index in [1.165, 1.54) is 49.5 Å². The van der Waals surface area contributed by atoms with Crippen LogP contribution in [-0.4, -0.2) is 35.0 Å². The number of fused-ring (bicyclic) bond motifs is 1. The number of aromatic nitrogens is 1. The number of hydrogen-bond acceptors (Lipinski definition) is 5. The topological polar surface area (TPSA) is 92.4 Å². The summed E-state index contributed by atoms with van der Waals surface area (Å²) < 4.78 is 59.3. The fraction of sp³-hybridized carbons (Fsp3) is 0.156. The molecule has 0 bridgehead atoms.